The van der Waals surface area contributed by atoms with E-state index in [9.17, 15) is 0 Å². The minimum atomic E-state index is 0.608. The maximum absolute atomic E-state index is 5.64. The monoisotopic (exact) mass is 260 g/mol. The minimum absolute atomic E-state index is 0.608. The zero-order valence-corrected chi connectivity index (χ0v) is 10.7. The van der Waals surface area contributed by atoms with Crippen molar-refractivity contribution in [2.24, 2.45) is 0 Å². The summed E-state index contributed by atoms with van der Waals surface area (Å²) in [5.41, 5.74) is 0. The molecule has 0 unspecified atom stereocenters. The molecule has 0 aliphatic rings. The fourth-order valence-electron chi connectivity index (χ4n) is 1.71. The number of para-hydroxylation sites is 2. The average Bonchev–Trinajstić information content (AvgIpc) is 2.51. The Kier molecular flexibility index (Phi) is 3.65. The van der Waals surface area contributed by atoms with Crippen molar-refractivity contribution >= 4 is 0 Å². The van der Waals surface area contributed by atoms with Gasteiger partial charge in [0.15, 0.2) is 0 Å². The van der Waals surface area contributed by atoms with Crippen LogP contribution in [-0.4, -0.2) is 0 Å². The molecule has 0 heterocycles. The smallest absolute Gasteiger partial charge is 0.136 e. The summed E-state index contributed by atoms with van der Waals surface area (Å²) < 4.78 is 11.3. The molecule has 2 heteroatoms. The summed E-state index contributed by atoms with van der Waals surface area (Å²) in [6.45, 7) is 0. The lowest BCUT2D eigenvalue weighted by Gasteiger charge is -2.07. The molecule has 0 fully saturated rings. The summed E-state index contributed by atoms with van der Waals surface area (Å²) >= 11 is 0. The molecule has 3 aromatic rings. The molecule has 3 rings (SSSR count). The predicted molar refractivity (Wildman–Crippen MR) is 77.1 cm³/mol. The Balaban J connectivity index is 1.69. The Morgan fingerprint density at radius 2 is 0.950 bits per heavy atom. The normalized spacial score (nSPS) is 10.0. The van der Waals surface area contributed by atoms with Crippen molar-refractivity contribution in [3.05, 3.63) is 84.9 Å². The van der Waals surface area contributed by atoms with Crippen LogP contribution < -0.4 is 9.47 Å². The van der Waals surface area contributed by atoms with E-state index in [1.165, 1.54) is 0 Å². The lowest BCUT2D eigenvalue weighted by atomic mass is 10.3. The number of benzene rings is 3. The minimum Gasteiger partial charge on any atom is -0.457 e. The van der Waals surface area contributed by atoms with Gasteiger partial charge < -0.3 is 9.47 Å². The van der Waals surface area contributed by atoms with Gasteiger partial charge in [-0.15, -0.1) is 0 Å². The number of hydrogen-bond donors (Lipinski definition) is 0. The van der Waals surface area contributed by atoms with Crippen LogP contribution in [0.25, 0.3) is 0 Å². The summed E-state index contributed by atoms with van der Waals surface area (Å²) in [4.78, 5) is 0. The van der Waals surface area contributed by atoms with Crippen molar-refractivity contribution in [2.45, 2.75) is 0 Å². The Morgan fingerprint density at radius 3 is 1.30 bits per heavy atom. The first-order valence-corrected chi connectivity index (χ1v) is 6.29. The molecule has 0 aliphatic carbocycles. The van der Waals surface area contributed by atoms with E-state index in [1.54, 1.807) is 12.1 Å². The highest BCUT2D eigenvalue weighted by Crippen LogP contribution is 2.25. The third kappa shape index (κ3) is 3.18. The average molecular weight is 260 g/mol. The highest BCUT2D eigenvalue weighted by Gasteiger charge is 2.00. The molecule has 96 valence electrons. The molecule has 0 saturated heterocycles. The van der Waals surface area contributed by atoms with E-state index in [2.05, 4.69) is 12.1 Å². The molecule has 0 spiro atoms. The summed E-state index contributed by atoms with van der Waals surface area (Å²) in [5.74, 6) is 2.76. The Labute approximate surface area is 118 Å². The molecule has 0 bridgehead atoms. The van der Waals surface area contributed by atoms with Crippen LogP contribution in [0.3, 0.4) is 0 Å². The molecule has 0 atom stereocenters. The zero-order chi connectivity index (χ0) is 13.6. The quantitative estimate of drug-likeness (QED) is 0.666. The van der Waals surface area contributed by atoms with E-state index in [4.69, 9.17) is 9.47 Å². The van der Waals surface area contributed by atoms with Gasteiger partial charge in [0.25, 0.3) is 0 Å². The SMILES string of the molecule is [c]1cc(Oc2ccccc2)[c]cc1Oc1ccccc1. The van der Waals surface area contributed by atoms with Crippen LogP contribution in [0.1, 0.15) is 0 Å². The second-order valence-electron chi connectivity index (χ2n) is 4.14. The second-order valence-corrected chi connectivity index (χ2v) is 4.14. The van der Waals surface area contributed by atoms with Crippen LogP contribution in [0.2, 0.25) is 0 Å². The van der Waals surface area contributed by atoms with Gasteiger partial charge in [0.05, 0.1) is 0 Å². The van der Waals surface area contributed by atoms with E-state index in [1.807, 2.05) is 60.7 Å². The second kappa shape index (κ2) is 5.93. The van der Waals surface area contributed by atoms with E-state index < -0.39 is 0 Å². The first-order chi connectivity index (χ1) is 9.90. The van der Waals surface area contributed by atoms with Crippen molar-refractivity contribution in [2.75, 3.05) is 0 Å². The Hall–Kier alpha value is -2.74. The van der Waals surface area contributed by atoms with Gasteiger partial charge in [-0.2, -0.15) is 0 Å². The predicted octanol–water partition coefficient (Wildman–Crippen LogP) is 4.87. The molecular formula is C18H12O2. The van der Waals surface area contributed by atoms with Crippen molar-refractivity contribution in [1.82, 2.24) is 0 Å². The van der Waals surface area contributed by atoms with Gasteiger partial charge in [0, 0.05) is 12.1 Å². The lowest BCUT2D eigenvalue weighted by molar-refractivity contribution is 0.467. The lowest BCUT2D eigenvalue weighted by Crippen LogP contribution is -1.86. The van der Waals surface area contributed by atoms with Crippen molar-refractivity contribution in [3.63, 3.8) is 0 Å². The maximum Gasteiger partial charge on any atom is 0.136 e. The highest BCUT2D eigenvalue weighted by molar-refractivity contribution is 5.36. The topological polar surface area (TPSA) is 18.5 Å². The van der Waals surface area contributed by atoms with Crippen LogP contribution >= 0.6 is 0 Å². The standard InChI is InChI=1S/C18H12O2/c1-3-7-15(8-4-1)19-17-11-13-18(14-12-17)20-16-9-5-2-6-10-16/h1-11,14H. The highest BCUT2D eigenvalue weighted by atomic mass is 16.5. The van der Waals surface area contributed by atoms with Gasteiger partial charge in [-0.25, -0.2) is 0 Å². The molecule has 3 aromatic carbocycles. The maximum atomic E-state index is 5.64. The van der Waals surface area contributed by atoms with Crippen LogP contribution in [0, 0.1) is 12.1 Å². The first kappa shape index (κ1) is 12.3. The molecule has 2 nitrogen and oxygen atoms in total. The molecule has 0 aliphatic heterocycles. The molecule has 2 radical (unpaired) electrons. The van der Waals surface area contributed by atoms with Gasteiger partial charge in [-0.3, -0.25) is 0 Å². The van der Waals surface area contributed by atoms with E-state index in [-0.39, 0.29) is 0 Å². The van der Waals surface area contributed by atoms with Crippen LogP contribution in [0.5, 0.6) is 23.0 Å². The Morgan fingerprint density at radius 1 is 0.550 bits per heavy atom. The molecular weight excluding hydrogens is 248 g/mol. The van der Waals surface area contributed by atoms with Crippen LogP contribution in [-0.2, 0) is 0 Å². The van der Waals surface area contributed by atoms with Gasteiger partial charge in [0.1, 0.15) is 23.0 Å². The molecule has 0 aromatic heterocycles. The largest absolute Gasteiger partial charge is 0.457 e. The van der Waals surface area contributed by atoms with Crippen molar-refractivity contribution in [3.8, 4) is 23.0 Å². The molecule has 20 heavy (non-hydrogen) atoms. The van der Waals surface area contributed by atoms with Gasteiger partial charge in [0.2, 0.25) is 0 Å². The van der Waals surface area contributed by atoms with Gasteiger partial charge in [-0.05, 0) is 36.4 Å². The van der Waals surface area contributed by atoms with E-state index in [0.29, 0.717) is 11.5 Å². The third-order valence-electron chi connectivity index (χ3n) is 2.63. The summed E-state index contributed by atoms with van der Waals surface area (Å²) in [5, 5.41) is 0. The summed E-state index contributed by atoms with van der Waals surface area (Å²) in [6, 6.07) is 28.6. The van der Waals surface area contributed by atoms with Crippen molar-refractivity contribution in [1.29, 1.82) is 0 Å². The molecule has 0 amide bonds. The van der Waals surface area contributed by atoms with Gasteiger partial charge >= 0.3 is 0 Å². The number of ether oxygens (including phenoxy) is 2. The fourth-order valence-corrected chi connectivity index (χ4v) is 1.71. The number of hydrogen-bond acceptors (Lipinski definition) is 2. The van der Waals surface area contributed by atoms with E-state index >= 15 is 0 Å². The van der Waals surface area contributed by atoms with Crippen LogP contribution in [0.15, 0.2) is 72.8 Å². The Bertz CT molecular complexity index is 586. The van der Waals surface area contributed by atoms with E-state index in [0.717, 1.165) is 11.5 Å². The summed E-state index contributed by atoms with van der Waals surface area (Å²) in [7, 11) is 0. The first-order valence-electron chi connectivity index (χ1n) is 6.29. The van der Waals surface area contributed by atoms with Crippen LogP contribution in [0.4, 0.5) is 0 Å². The zero-order valence-electron chi connectivity index (χ0n) is 10.7. The number of rotatable bonds is 4. The van der Waals surface area contributed by atoms with Crippen molar-refractivity contribution < 1.29 is 9.47 Å². The van der Waals surface area contributed by atoms with Gasteiger partial charge in [-0.1, -0.05) is 36.4 Å². The third-order valence-corrected chi connectivity index (χ3v) is 2.63. The summed E-state index contributed by atoms with van der Waals surface area (Å²) in [6.07, 6.45) is 0. The molecule has 0 N–H and O–H groups in total. The molecule has 0 saturated carbocycles. The fraction of sp³-hybridized carbons (Fsp3) is 0.